The van der Waals surface area contributed by atoms with Crippen LogP contribution in [0.4, 0.5) is 15.8 Å². The van der Waals surface area contributed by atoms with E-state index >= 15 is 0 Å². The number of aromatic nitrogens is 2. The number of para-hydroxylation sites is 1. The van der Waals surface area contributed by atoms with Gasteiger partial charge in [-0.15, -0.1) is 0 Å². The number of aryl methyl sites for hydroxylation is 1. The molecule has 0 fully saturated rings. The summed E-state index contributed by atoms with van der Waals surface area (Å²) >= 11 is 0. The molecule has 4 rings (SSSR count). The minimum absolute atomic E-state index is 0.0308. The maximum atomic E-state index is 13.9. The molecule has 0 saturated carbocycles. The second kappa shape index (κ2) is 7.55. The molecule has 6 nitrogen and oxygen atoms in total. The molecule has 2 N–H and O–H groups in total. The lowest BCUT2D eigenvalue weighted by Gasteiger charge is -2.05. The Labute approximate surface area is 166 Å². The van der Waals surface area contributed by atoms with Crippen molar-refractivity contribution in [1.29, 1.82) is 0 Å². The number of fused-ring (bicyclic) bond motifs is 1. The molecule has 0 spiro atoms. The van der Waals surface area contributed by atoms with E-state index in [2.05, 4.69) is 15.6 Å². The van der Waals surface area contributed by atoms with E-state index in [9.17, 15) is 14.0 Å². The third-order valence-electron chi connectivity index (χ3n) is 4.36. The van der Waals surface area contributed by atoms with E-state index in [-0.39, 0.29) is 17.2 Å². The zero-order valence-corrected chi connectivity index (χ0v) is 15.5. The van der Waals surface area contributed by atoms with Crippen LogP contribution in [-0.4, -0.2) is 21.2 Å². The van der Waals surface area contributed by atoms with Gasteiger partial charge in [0.25, 0.3) is 11.8 Å². The number of carbonyl (C=O) groups is 2. The third-order valence-corrected chi connectivity index (χ3v) is 4.36. The van der Waals surface area contributed by atoms with E-state index in [4.69, 9.17) is 0 Å². The normalized spacial score (nSPS) is 10.7. The number of anilines is 2. The molecule has 4 aromatic rings. The Morgan fingerprint density at radius 3 is 2.52 bits per heavy atom. The van der Waals surface area contributed by atoms with Crippen LogP contribution in [0.5, 0.6) is 0 Å². The Bertz CT molecular complexity index is 1230. The van der Waals surface area contributed by atoms with E-state index in [1.165, 1.54) is 22.6 Å². The molecule has 144 valence electrons. The first-order chi connectivity index (χ1) is 14.0. The summed E-state index contributed by atoms with van der Waals surface area (Å²) in [5.74, 6) is -1.56. The molecule has 0 aliphatic rings. The molecule has 0 aliphatic heterocycles. The van der Waals surface area contributed by atoms with Crippen LogP contribution in [0.15, 0.2) is 72.9 Å². The van der Waals surface area contributed by atoms with Crippen molar-refractivity contribution < 1.29 is 14.0 Å². The monoisotopic (exact) mass is 388 g/mol. The van der Waals surface area contributed by atoms with E-state index in [1.807, 2.05) is 25.1 Å². The minimum atomic E-state index is -0.603. The van der Waals surface area contributed by atoms with Crippen molar-refractivity contribution in [3.05, 3.63) is 95.8 Å². The number of amides is 2. The summed E-state index contributed by atoms with van der Waals surface area (Å²) < 4.78 is 15.4. The highest BCUT2D eigenvalue weighted by Gasteiger charge is 2.22. The molecular formula is C22H17FN4O2. The van der Waals surface area contributed by atoms with Crippen LogP contribution in [0.1, 0.15) is 26.7 Å². The Hall–Kier alpha value is -4.00. The first-order valence-corrected chi connectivity index (χ1v) is 8.94. The average molecular weight is 388 g/mol. The standard InChI is InChI=1S/C22H17FN4O2/c1-14-7-6-8-15(13-14)24-22(29)20-26-19(18-11-4-5-12-27(18)20)21(28)25-17-10-3-2-9-16(17)23/h2-13H,1H3,(H,24,29)(H,25,28). The lowest BCUT2D eigenvalue weighted by molar-refractivity contribution is 0.101. The minimum Gasteiger partial charge on any atom is -0.319 e. The predicted octanol–water partition coefficient (Wildman–Crippen LogP) is 4.29. The largest absolute Gasteiger partial charge is 0.319 e. The van der Waals surface area contributed by atoms with Gasteiger partial charge in [0.1, 0.15) is 5.82 Å². The van der Waals surface area contributed by atoms with Gasteiger partial charge in [0.2, 0.25) is 5.82 Å². The van der Waals surface area contributed by atoms with Gasteiger partial charge in [-0.05, 0) is 48.9 Å². The number of hydrogen-bond donors (Lipinski definition) is 2. The maximum Gasteiger partial charge on any atom is 0.292 e. The molecule has 2 aromatic carbocycles. The van der Waals surface area contributed by atoms with Crippen LogP contribution in [0.3, 0.4) is 0 Å². The molecule has 0 atom stereocenters. The summed E-state index contributed by atoms with van der Waals surface area (Å²) in [6.45, 7) is 1.92. The quantitative estimate of drug-likeness (QED) is 0.548. The second-order valence-corrected chi connectivity index (χ2v) is 6.50. The molecule has 0 saturated heterocycles. The van der Waals surface area contributed by atoms with E-state index in [1.54, 1.807) is 36.5 Å². The number of benzene rings is 2. The van der Waals surface area contributed by atoms with Crippen LogP contribution < -0.4 is 10.6 Å². The highest BCUT2D eigenvalue weighted by Crippen LogP contribution is 2.19. The first-order valence-electron chi connectivity index (χ1n) is 8.94. The van der Waals surface area contributed by atoms with Gasteiger partial charge >= 0.3 is 0 Å². The number of nitrogens with zero attached hydrogens (tertiary/aromatic N) is 2. The van der Waals surface area contributed by atoms with Crippen LogP contribution in [0.25, 0.3) is 5.52 Å². The van der Waals surface area contributed by atoms with Gasteiger partial charge in [-0.3, -0.25) is 14.0 Å². The van der Waals surface area contributed by atoms with E-state index in [0.717, 1.165) is 5.56 Å². The Balaban J connectivity index is 1.69. The lowest BCUT2D eigenvalue weighted by atomic mass is 10.2. The van der Waals surface area contributed by atoms with Crippen LogP contribution in [0.2, 0.25) is 0 Å². The van der Waals surface area contributed by atoms with Crippen molar-refractivity contribution >= 4 is 28.7 Å². The van der Waals surface area contributed by atoms with Gasteiger partial charge in [0, 0.05) is 11.9 Å². The van der Waals surface area contributed by atoms with Crippen LogP contribution in [0, 0.1) is 12.7 Å². The fourth-order valence-electron chi connectivity index (χ4n) is 3.02. The summed E-state index contributed by atoms with van der Waals surface area (Å²) in [5.41, 5.74) is 2.14. The molecule has 7 heteroatoms. The number of imidazole rings is 1. The second-order valence-electron chi connectivity index (χ2n) is 6.50. The number of halogens is 1. The fourth-order valence-corrected chi connectivity index (χ4v) is 3.02. The SMILES string of the molecule is Cc1cccc(NC(=O)c2nc(C(=O)Nc3ccccc3F)c3ccccn23)c1. The molecule has 0 aliphatic carbocycles. The molecular weight excluding hydrogens is 371 g/mol. The summed E-state index contributed by atoms with van der Waals surface area (Å²) in [4.78, 5) is 29.8. The topological polar surface area (TPSA) is 75.5 Å². The third kappa shape index (κ3) is 3.70. The van der Waals surface area contributed by atoms with Gasteiger partial charge in [0.15, 0.2) is 5.69 Å². The summed E-state index contributed by atoms with van der Waals surface area (Å²) in [6, 6.07) is 18.4. The van der Waals surface area contributed by atoms with E-state index in [0.29, 0.717) is 11.2 Å². The summed E-state index contributed by atoms with van der Waals surface area (Å²) in [5, 5.41) is 5.29. The van der Waals surface area contributed by atoms with Crippen molar-refractivity contribution in [2.24, 2.45) is 0 Å². The first kappa shape index (κ1) is 18.4. The van der Waals surface area contributed by atoms with Crippen molar-refractivity contribution in [3.63, 3.8) is 0 Å². The zero-order valence-electron chi connectivity index (χ0n) is 15.5. The molecule has 0 radical (unpaired) electrons. The number of nitrogens with one attached hydrogen (secondary N) is 2. The van der Waals surface area contributed by atoms with Gasteiger partial charge < -0.3 is 10.6 Å². The predicted molar refractivity (Wildman–Crippen MR) is 109 cm³/mol. The molecule has 2 heterocycles. The number of hydrogen-bond acceptors (Lipinski definition) is 3. The fraction of sp³-hybridized carbons (Fsp3) is 0.0455. The van der Waals surface area contributed by atoms with Gasteiger partial charge in [0.05, 0.1) is 11.2 Å². The Morgan fingerprint density at radius 1 is 0.931 bits per heavy atom. The molecule has 0 bridgehead atoms. The molecule has 2 aromatic heterocycles. The number of rotatable bonds is 4. The van der Waals surface area contributed by atoms with E-state index < -0.39 is 17.6 Å². The molecule has 29 heavy (non-hydrogen) atoms. The highest BCUT2D eigenvalue weighted by atomic mass is 19.1. The Kier molecular flexibility index (Phi) is 4.78. The van der Waals surface area contributed by atoms with Crippen molar-refractivity contribution in [2.75, 3.05) is 10.6 Å². The average Bonchev–Trinajstić information content (AvgIpc) is 3.10. The number of carbonyl (C=O) groups excluding carboxylic acids is 2. The summed E-state index contributed by atoms with van der Waals surface area (Å²) in [6.07, 6.45) is 1.65. The van der Waals surface area contributed by atoms with Gasteiger partial charge in [-0.2, -0.15) is 0 Å². The van der Waals surface area contributed by atoms with Gasteiger partial charge in [-0.1, -0.05) is 30.3 Å². The molecule has 2 amide bonds. The zero-order chi connectivity index (χ0) is 20.4. The van der Waals surface area contributed by atoms with Crippen molar-refractivity contribution in [1.82, 2.24) is 9.38 Å². The van der Waals surface area contributed by atoms with Crippen LogP contribution >= 0.6 is 0 Å². The maximum absolute atomic E-state index is 13.9. The van der Waals surface area contributed by atoms with Gasteiger partial charge in [-0.25, -0.2) is 9.37 Å². The lowest BCUT2D eigenvalue weighted by Crippen LogP contribution is -2.16. The molecule has 0 unspecified atom stereocenters. The number of pyridine rings is 1. The highest BCUT2D eigenvalue weighted by molar-refractivity contribution is 6.10. The van der Waals surface area contributed by atoms with Crippen LogP contribution in [-0.2, 0) is 0 Å². The smallest absolute Gasteiger partial charge is 0.292 e. The van der Waals surface area contributed by atoms with Crippen molar-refractivity contribution in [3.8, 4) is 0 Å². The van der Waals surface area contributed by atoms with Crippen molar-refractivity contribution in [2.45, 2.75) is 6.92 Å². The Morgan fingerprint density at radius 2 is 1.72 bits per heavy atom. The summed E-state index contributed by atoms with van der Waals surface area (Å²) in [7, 11) is 0.